The lowest BCUT2D eigenvalue weighted by Gasteiger charge is -2.11. The summed E-state index contributed by atoms with van der Waals surface area (Å²) < 4.78 is 0. The minimum absolute atomic E-state index is 0.185. The maximum Gasteiger partial charge on any atom is 0.352 e. The third kappa shape index (κ3) is 2.93. The third-order valence-electron chi connectivity index (χ3n) is 2.76. The fourth-order valence-corrected chi connectivity index (χ4v) is 1.88. The molecule has 0 aliphatic rings. The molecule has 5 heteroatoms. The lowest BCUT2D eigenvalue weighted by molar-refractivity contribution is 0.0691. The van der Waals surface area contributed by atoms with Crippen molar-refractivity contribution in [3.8, 4) is 11.1 Å². The number of nitrogens with one attached hydrogen (secondary N) is 2. The highest BCUT2D eigenvalue weighted by Crippen LogP contribution is 2.26. The number of carbonyl (C=O) groups is 1. The number of carboxylic acid groups (broad SMARTS) is 1. The Morgan fingerprint density at radius 1 is 1.42 bits per heavy atom. The summed E-state index contributed by atoms with van der Waals surface area (Å²) in [6.07, 6.45) is 3.48. The van der Waals surface area contributed by atoms with E-state index in [-0.39, 0.29) is 5.69 Å². The zero-order chi connectivity index (χ0) is 14.0. The summed E-state index contributed by atoms with van der Waals surface area (Å²) in [5.41, 5.74) is 3.01. The van der Waals surface area contributed by atoms with Crippen molar-refractivity contribution in [2.75, 3.05) is 5.32 Å². The minimum atomic E-state index is -0.960. The van der Waals surface area contributed by atoms with Gasteiger partial charge in [0.1, 0.15) is 11.5 Å². The first-order valence-electron chi connectivity index (χ1n) is 6.12. The number of aromatic carboxylic acids is 1. The lowest BCUT2D eigenvalue weighted by Crippen LogP contribution is -2.11. The molecule has 0 aromatic carbocycles. The summed E-state index contributed by atoms with van der Waals surface area (Å²) in [5.74, 6) is -0.174. The highest BCUT2D eigenvalue weighted by atomic mass is 16.4. The van der Waals surface area contributed by atoms with E-state index < -0.39 is 5.97 Å². The van der Waals surface area contributed by atoms with Gasteiger partial charge in [-0.05, 0) is 44.0 Å². The zero-order valence-corrected chi connectivity index (χ0v) is 11.2. The van der Waals surface area contributed by atoms with Crippen molar-refractivity contribution < 1.29 is 9.90 Å². The Morgan fingerprint density at radius 3 is 2.74 bits per heavy atom. The number of hydrogen-bond acceptors (Lipinski definition) is 3. The van der Waals surface area contributed by atoms with E-state index in [1.807, 2.05) is 26.8 Å². The van der Waals surface area contributed by atoms with Gasteiger partial charge in [0.15, 0.2) is 0 Å². The highest BCUT2D eigenvalue weighted by Gasteiger charge is 2.10. The summed E-state index contributed by atoms with van der Waals surface area (Å²) in [7, 11) is 0. The second-order valence-corrected chi connectivity index (χ2v) is 4.79. The van der Waals surface area contributed by atoms with Crippen LogP contribution in [0.4, 0.5) is 5.82 Å². The fraction of sp³-hybridized carbons (Fsp3) is 0.286. The van der Waals surface area contributed by atoms with E-state index in [4.69, 9.17) is 5.11 Å². The van der Waals surface area contributed by atoms with Crippen LogP contribution in [0.3, 0.4) is 0 Å². The van der Waals surface area contributed by atoms with Crippen molar-refractivity contribution in [2.24, 2.45) is 0 Å². The topological polar surface area (TPSA) is 78.0 Å². The molecule has 0 amide bonds. The number of nitrogens with zero attached hydrogens (tertiary/aromatic N) is 1. The molecular weight excluding hydrogens is 242 g/mol. The van der Waals surface area contributed by atoms with Crippen molar-refractivity contribution in [2.45, 2.75) is 26.8 Å². The molecule has 0 unspecified atom stereocenters. The van der Waals surface area contributed by atoms with Gasteiger partial charge < -0.3 is 15.4 Å². The predicted molar refractivity (Wildman–Crippen MR) is 74.5 cm³/mol. The standard InChI is InChI=1S/C14H17N3O2/c1-8(2)17-13-5-11(9(3)6-16-13)10-4-12(14(18)19)15-7-10/h4-8,15H,1-3H3,(H,16,17)(H,18,19). The quantitative estimate of drug-likeness (QED) is 0.789. The number of hydrogen-bond donors (Lipinski definition) is 3. The van der Waals surface area contributed by atoms with Crippen LogP contribution in [0.15, 0.2) is 24.5 Å². The van der Waals surface area contributed by atoms with E-state index in [1.54, 1.807) is 18.5 Å². The molecule has 2 aromatic heterocycles. The van der Waals surface area contributed by atoms with Gasteiger partial charge in [-0.25, -0.2) is 9.78 Å². The Morgan fingerprint density at radius 2 is 2.16 bits per heavy atom. The van der Waals surface area contributed by atoms with E-state index in [1.165, 1.54) is 0 Å². The van der Waals surface area contributed by atoms with Crippen LogP contribution in [0, 0.1) is 6.92 Å². The number of pyridine rings is 1. The summed E-state index contributed by atoms with van der Waals surface area (Å²) in [5, 5.41) is 12.2. The number of H-pyrrole nitrogens is 1. The van der Waals surface area contributed by atoms with Gasteiger partial charge >= 0.3 is 5.97 Å². The monoisotopic (exact) mass is 259 g/mol. The number of aromatic amines is 1. The van der Waals surface area contributed by atoms with E-state index >= 15 is 0 Å². The molecule has 5 nitrogen and oxygen atoms in total. The van der Waals surface area contributed by atoms with Crippen LogP contribution in [-0.2, 0) is 0 Å². The van der Waals surface area contributed by atoms with Crippen LogP contribution in [0.1, 0.15) is 29.9 Å². The molecule has 0 fully saturated rings. The van der Waals surface area contributed by atoms with Crippen LogP contribution in [0.2, 0.25) is 0 Å². The highest BCUT2D eigenvalue weighted by molar-refractivity contribution is 5.88. The van der Waals surface area contributed by atoms with Crippen molar-refractivity contribution in [3.63, 3.8) is 0 Å². The van der Waals surface area contributed by atoms with Crippen LogP contribution < -0.4 is 5.32 Å². The Balaban J connectivity index is 2.39. The average molecular weight is 259 g/mol. The first-order valence-corrected chi connectivity index (χ1v) is 6.12. The maximum atomic E-state index is 10.9. The Kier molecular flexibility index (Phi) is 3.55. The molecule has 0 aliphatic heterocycles. The van der Waals surface area contributed by atoms with Gasteiger partial charge in [0.2, 0.25) is 0 Å². The zero-order valence-electron chi connectivity index (χ0n) is 11.2. The van der Waals surface area contributed by atoms with Crippen molar-refractivity contribution in [1.29, 1.82) is 0 Å². The number of rotatable bonds is 4. The van der Waals surface area contributed by atoms with E-state index in [0.717, 1.165) is 22.5 Å². The molecule has 2 rings (SSSR count). The van der Waals surface area contributed by atoms with Gasteiger partial charge in [0.05, 0.1) is 0 Å². The third-order valence-corrected chi connectivity index (χ3v) is 2.76. The molecule has 3 N–H and O–H groups in total. The van der Waals surface area contributed by atoms with Crippen molar-refractivity contribution in [3.05, 3.63) is 35.8 Å². The fourth-order valence-electron chi connectivity index (χ4n) is 1.88. The molecule has 100 valence electrons. The second-order valence-electron chi connectivity index (χ2n) is 4.79. The van der Waals surface area contributed by atoms with Gasteiger partial charge in [0.25, 0.3) is 0 Å². The van der Waals surface area contributed by atoms with Crippen LogP contribution in [0.5, 0.6) is 0 Å². The van der Waals surface area contributed by atoms with E-state index in [2.05, 4.69) is 15.3 Å². The van der Waals surface area contributed by atoms with Gasteiger partial charge in [-0.3, -0.25) is 0 Å². The molecule has 0 aliphatic carbocycles. The van der Waals surface area contributed by atoms with Crippen LogP contribution in [0.25, 0.3) is 11.1 Å². The molecule has 0 atom stereocenters. The summed E-state index contributed by atoms with van der Waals surface area (Å²) >= 11 is 0. The van der Waals surface area contributed by atoms with E-state index in [0.29, 0.717) is 6.04 Å². The number of anilines is 1. The number of aryl methyl sites for hydroxylation is 1. The van der Waals surface area contributed by atoms with Gasteiger partial charge in [-0.15, -0.1) is 0 Å². The number of carboxylic acids is 1. The SMILES string of the molecule is Cc1cnc(NC(C)C)cc1-c1c[nH]c(C(=O)O)c1. The first kappa shape index (κ1) is 13.1. The summed E-state index contributed by atoms with van der Waals surface area (Å²) in [6, 6.07) is 3.86. The molecule has 0 bridgehead atoms. The summed E-state index contributed by atoms with van der Waals surface area (Å²) in [6.45, 7) is 6.04. The van der Waals surface area contributed by atoms with Crippen molar-refractivity contribution >= 4 is 11.8 Å². The summed E-state index contributed by atoms with van der Waals surface area (Å²) in [4.78, 5) is 17.9. The smallest absolute Gasteiger partial charge is 0.352 e. The molecule has 0 saturated heterocycles. The van der Waals surface area contributed by atoms with Gasteiger partial charge in [-0.2, -0.15) is 0 Å². The second kappa shape index (κ2) is 5.14. The molecule has 0 saturated carbocycles. The molecule has 0 spiro atoms. The van der Waals surface area contributed by atoms with E-state index in [9.17, 15) is 4.79 Å². The Labute approximate surface area is 111 Å². The molecular formula is C14H17N3O2. The maximum absolute atomic E-state index is 10.9. The molecule has 2 aromatic rings. The largest absolute Gasteiger partial charge is 0.477 e. The Bertz CT molecular complexity index is 602. The van der Waals surface area contributed by atoms with Gasteiger partial charge in [0, 0.05) is 24.0 Å². The number of aromatic nitrogens is 2. The first-order chi connectivity index (χ1) is 8.97. The normalized spacial score (nSPS) is 10.7. The van der Waals surface area contributed by atoms with Crippen molar-refractivity contribution in [1.82, 2.24) is 9.97 Å². The van der Waals surface area contributed by atoms with Crippen LogP contribution in [-0.4, -0.2) is 27.1 Å². The van der Waals surface area contributed by atoms with Crippen LogP contribution >= 0.6 is 0 Å². The average Bonchev–Trinajstić information content (AvgIpc) is 2.80. The molecule has 0 radical (unpaired) electrons. The Hall–Kier alpha value is -2.30. The molecule has 2 heterocycles. The van der Waals surface area contributed by atoms with Gasteiger partial charge in [-0.1, -0.05) is 0 Å². The minimum Gasteiger partial charge on any atom is -0.477 e. The lowest BCUT2D eigenvalue weighted by atomic mass is 10.1. The molecule has 19 heavy (non-hydrogen) atoms. The predicted octanol–water partition coefficient (Wildman–Crippen LogP) is 2.90.